The molecule has 4 aliphatic rings. The molecule has 120 valence electrons. The Morgan fingerprint density at radius 3 is 2.24 bits per heavy atom. The standard InChI is InChI=1S/C21H36/c1-19-11-6-8-18(19)20(2)14-9-16-7-4-5-12-21(16,3)17(15-20)10-13-19/h16-18H,4-15H2,1-3H3/t16-,17+,18-,19+,20-,21+/m1/s1. The molecule has 0 nitrogen and oxygen atoms in total. The first-order valence-electron chi connectivity index (χ1n) is 9.96. The zero-order chi connectivity index (χ0) is 14.7. The van der Waals surface area contributed by atoms with Gasteiger partial charge in [0.05, 0.1) is 0 Å². The van der Waals surface area contributed by atoms with Crippen molar-refractivity contribution in [2.24, 2.45) is 34.0 Å². The monoisotopic (exact) mass is 288 g/mol. The fourth-order valence-electron chi connectivity index (χ4n) is 7.82. The van der Waals surface area contributed by atoms with E-state index < -0.39 is 0 Å². The molecule has 0 amide bonds. The van der Waals surface area contributed by atoms with Gasteiger partial charge in [0, 0.05) is 0 Å². The number of rotatable bonds is 0. The van der Waals surface area contributed by atoms with Crippen LogP contribution >= 0.6 is 0 Å². The molecule has 4 fully saturated rings. The summed E-state index contributed by atoms with van der Waals surface area (Å²) >= 11 is 0. The highest BCUT2D eigenvalue weighted by Crippen LogP contribution is 2.66. The summed E-state index contributed by atoms with van der Waals surface area (Å²) < 4.78 is 0. The second-order valence-corrected chi connectivity index (χ2v) is 10.2. The predicted molar refractivity (Wildman–Crippen MR) is 90.2 cm³/mol. The van der Waals surface area contributed by atoms with E-state index in [2.05, 4.69) is 20.8 Å². The van der Waals surface area contributed by atoms with E-state index in [1.807, 2.05) is 0 Å². The Bertz CT molecular complexity index is 412. The minimum absolute atomic E-state index is 0.673. The average Bonchev–Trinajstić information content (AvgIpc) is 2.75. The Hall–Kier alpha value is 0. The summed E-state index contributed by atoms with van der Waals surface area (Å²) in [6, 6.07) is 0. The molecule has 0 aromatic carbocycles. The molecule has 4 saturated carbocycles. The molecule has 0 heteroatoms. The molecule has 0 unspecified atom stereocenters. The maximum atomic E-state index is 2.71. The lowest BCUT2D eigenvalue weighted by Crippen LogP contribution is -2.37. The first kappa shape index (κ1) is 14.6. The largest absolute Gasteiger partial charge is 0.0594 e. The van der Waals surface area contributed by atoms with Crippen molar-refractivity contribution in [3.8, 4) is 0 Å². The summed E-state index contributed by atoms with van der Waals surface area (Å²) in [5.74, 6) is 3.14. The molecule has 21 heavy (non-hydrogen) atoms. The third-order valence-electron chi connectivity index (χ3n) is 9.15. The van der Waals surface area contributed by atoms with Gasteiger partial charge in [0.1, 0.15) is 0 Å². The van der Waals surface area contributed by atoms with Crippen LogP contribution in [0.15, 0.2) is 0 Å². The Balaban J connectivity index is 1.72. The molecular formula is C21H36. The van der Waals surface area contributed by atoms with Gasteiger partial charge in [-0.2, -0.15) is 0 Å². The van der Waals surface area contributed by atoms with Gasteiger partial charge in [-0.05, 0) is 91.8 Å². The Labute approximate surface area is 132 Å². The normalized spacial score (nSPS) is 57.0. The third kappa shape index (κ3) is 2.07. The van der Waals surface area contributed by atoms with E-state index in [-0.39, 0.29) is 0 Å². The number of fused-ring (bicyclic) bond motifs is 6. The fraction of sp³-hybridized carbons (Fsp3) is 1.00. The van der Waals surface area contributed by atoms with Crippen molar-refractivity contribution < 1.29 is 0 Å². The zero-order valence-corrected chi connectivity index (χ0v) is 14.7. The van der Waals surface area contributed by atoms with E-state index in [9.17, 15) is 0 Å². The van der Waals surface area contributed by atoms with Crippen molar-refractivity contribution in [3.63, 3.8) is 0 Å². The summed E-state index contributed by atoms with van der Waals surface area (Å²) in [5, 5.41) is 0. The highest BCUT2D eigenvalue weighted by Gasteiger charge is 2.56. The van der Waals surface area contributed by atoms with Crippen LogP contribution in [0.2, 0.25) is 0 Å². The van der Waals surface area contributed by atoms with Gasteiger partial charge in [-0.15, -0.1) is 0 Å². The molecule has 0 aromatic heterocycles. The maximum absolute atomic E-state index is 2.71. The van der Waals surface area contributed by atoms with Crippen LogP contribution in [0.25, 0.3) is 0 Å². The Morgan fingerprint density at radius 2 is 1.38 bits per heavy atom. The molecular weight excluding hydrogens is 252 g/mol. The van der Waals surface area contributed by atoms with E-state index in [1.165, 1.54) is 25.7 Å². The molecule has 4 rings (SSSR count). The lowest BCUT2D eigenvalue weighted by Gasteiger charge is -2.46. The van der Waals surface area contributed by atoms with Gasteiger partial charge in [0.25, 0.3) is 0 Å². The van der Waals surface area contributed by atoms with Crippen LogP contribution in [-0.4, -0.2) is 0 Å². The molecule has 4 aliphatic carbocycles. The SMILES string of the molecule is C[C@@]12CCC[C@H]1[C@]1(C)CC[C@H]3CCCC[C@]3(C)[C@@H](CC2)C1. The Kier molecular flexibility index (Phi) is 3.30. The highest BCUT2D eigenvalue weighted by atomic mass is 14.6. The van der Waals surface area contributed by atoms with E-state index in [0.717, 1.165) is 17.8 Å². The second-order valence-electron chi connectivity index (χ2n) is 10.2. The molecule has 0 N–H and O–H groups in total. The van der Waals surface area contributed by atoms with Gasteiger partial charge in [-0.1, -0.05) is 40.0 Å². The molecule has 0 saturated heterocycles. The highest BCUT2D eigenvalue weighted by molar-refractivity contribution is 5.06. The van der Waals surface area contributed by atoms with Crippen LogP contribution in [-0.2, 0) is 0 Å². The van der Waals surface area contributed by atoms with Crippen LogP contribution < -0.4 is 0 Å². The quantitative estimate of drug-likeness (QED) is 0.471. The second kappa shape index (κ2) is 4.75. The molecule has 0 radical (unpaired) electrons. The van der Waals surface area contributed by atoms with Crippen LogP contribution in [0.1, 0.15) is 97.8 Å². The zero-order valence-electron chi connectivity index (χ0n) is 14.7. The first-order chi connectivity index (χ1) is 9.96. The molecule has 2 bridgehead atoms. The first-order valence-corrected chi connectivity index (χ1v) is 9.96. The molecule has 0 aromatic rings. The summed E-state index contributed by atoms with van der Waals surface area (Å²) in [6.45, 7) is 8.07. The lowest BCUT2D eigenvalue weighted by atomic mass is 9.59. The van der Waals surface area contributed by atoms with Gasteiger partial charge in [0.2, 0.25) is 0 Å². The van der Waals surface area contributed by atoms with E-state index >= 15 is 0 Å². The summed E-state index contributed by atoms with van der Waals surface area (Å²) in [5.41, 5.74) is 2.07. The van der Waals surface area contributed by atoms with E-state index in [4.69, 9.17) is 0 Å². The van der Waals surface area contributed by atoms with Crippen molar-refractivity contribution in [2.75, 3.05) is 0 Å². The predicted octanol–water partition coefficient (Wildman–Crippen LogP) is 6.59. The van der Waals surface area contributed by atoms with Crippen molar-refractivity contribution in [1.82, 2.24) is 0 Å². The van der Waals surface area contributed by atoms with Gasteiger partial charge < -0.3 is 0 Å². The minimum Gasteiger partial charge on any atom is -0.0594 e. The topological polar surface area (TPSA) is 0 Å². The summed E-state index contributed by atoms with van der Waals surface area (Å²) in [4.78, 5) is 0. The average molecular weight is 289 g/mol. The summed E-state index contributed by atoms with van der Waals surface area (Å²) in [6.07, 6.45) is 18.5. The van der Waals surface area contributed by atoms with Crippen LogP contribution in [0.5, 0.6) is 0 Å². The lowest BCUT2D eigenvalue weighted by molar-refractivity contribution is 0.0363. The van der Waals surface area contributed by atoms with Crippen molar-refractivity contribution in [2.45, 2.75) is 97.8 Å². The summed E-state index contributed by atoms with van der Waals surface area (Å²) in [7, 11) is 0. The molecule has 0 aliphatic heterocycles. The Morgan fingerprint density at radius 1 is 0.619 bits per heavy atom. The van der Waals surface area contributed by atoms with Gasteiger partial charge in [-0.3, -0.25) is 0 Å². The fourth-order valence-corrected chi connectivity index (χ4v) is 7.82. The van der Waals surface area contributed by atoms with Gasteiger partial charge in [-0.25, -0.2) is 0 Å². The van der Waals surface area contributed by atoms with E-state index in [0.29, 0.717) is 16.2 Å². The van der Waals surface area contributed by atoms with Crippen molar-refractivity contribution >= 4 is 0 Å². The minimum atomic E-state index is 0.673. The van der Waals surface area contributed by atoms with Crippen LogP contribution in [0.4, 0.5) is 0 Å². The molecule has 0 heterocycles. The van der Waals surface area contributed by atoms with Gasteiger partial charge in [0.15, 0.2) is 0 Å². The van der Waals surface area contributed by atoms with Gasteiger partial charge >= 0.3 is 0 Å². The van der Waals surface area contributed by atoms with Crippen LogP contribution in [0, 0.1) is 34.0 Å². The smallest absolute Gasteiger partial charge is 0.0269 e. The van der Waals surface area contributed by atoms with Crippen LogP contribution in [0.3, 0.4) is 0 Å². The number of hydrogen-bond donors (Lipinski definition) is 0. The maximum Gasteiger partial charge on any atom is -0.0269 e. The van der Waals surface area contributed by atoms with E-state index in [1.54, 1.807) is 51.4 Å². The van der Waals surface area contributed by atoms with Crippen molar-refractivity contribution in [1.29, 1.82) is 0 Å². The number of hydrogen-bond acceptors (Lipinski definition) is 0. The van der Waals surface area contributed by atoms with Crippen molar-refractivity contribution in [3.05, 3.63) is 0 Å². The third-order valence-corrected chi connectivity index (χ3v) is 9.15. The molecule has 6 atom stereocenters. The molecule has 0 spiro atoms.